The molecular formula is C15H30N2O2S. The van der Waals surface area contributed by atoms with Crippen LogP contribution >= 0.6 is 0 Å². The van der Waals surface area contributed by atoms with Crippen LogP contribution in [0.25, 0.3) is 0 Å². The van der Waals surface area contributed by atoms with Gasteiger partial charge >= 0.3 is 0 Å². The van der Waals surface area contributed by atoms with Gasteiger partial charge in [-0.05, 0) is 38.8 Å². The average Bonchev–Trinajstić information content (AvgIpc) is 2.59. The summed E-state index contributed by atoms with van der Waals surface area (Å²) in [5.74, 6) is 0.736. The van der Waals surface area contributed by atoms with Gasteiger partial charge in [0.05, 0.1) is 11.5 Å². The van der Waals surface area contributed by atoms with Crippen LogP contribution in [0.4, 0.5) is 0 Å². The molecule has 1 aliphatic heterocycles. The fourth-order valence-corrected chi connectivity index (χ4v) is 5.83. The van der Waals surface area contributed by atoms with E-state index in [1.165, 1.54) is 38.5 Å². The van der Waals surface area contributed by atoms with Crippen molar-refractivity contribution in [1.29, 1.82) is 0 Å². The first-order chi connectivity index (χ1) is 9.46. The van der Waals surface area contributed by atoms with Gasteiger partial charge in [-0.15, -0.1) is 0 Å². The molecule has 1 N–H and O–H groups in total. The average molecular weight is 302 g/mol. The zero-order valence-electron chi connectivity index (χ0n) is 13.0. The largest absolute Gasteiger partial charge is 0.319 e. The molecule has 2 rings (SSSR count). The van der Waals surface area contributed by atoms with Crippen LogP contribution < -0.4 is 5.32 Å². The molecule has 0 amide bonds. The van der Waals surface area contributed by atoms with Gasteiger partial charge in [0.2, 0.25) is 0 Å². The number of rotatable bonds is 5. The molecule has 0 bridgehead atoms. The van der Waals surface area contributed by atoms with E-state index >= 15 is 0 Å². The van der Waals surface area contributed by atoms with Gasteiger partial charge in [-0.3, -0.25) is 0 Å². The first-order valence-corrected chi connectivity index (χ1v) is 9.84. The highest BCUT2D eigenvalue weighted by Crippen LogP contribution is 2.36. The van der Waals surface area contributed by atoms with E-state index in [-0.39, 0.29) is 6.04 Å². The Bertz CT molecular complexity index is 400. The normalized spacial score (nSPS) is 29.4. The van der Waals surface area contributed by atoms with Gasteiger partial charge in [-0.2, -0.15) is 0 Å². The quantitative estimate of drug-likeness (QED) is 0.785. The SMILES string of the molecule is CNCC1(CN(C)C2CCS(=O)(=O)C2)CCCCCC1. The van der Waals surface area contributed by atoms with Gasteiger partial charge in [-0.1, -0.05) is 25.7 Å². The van der Waals surface area contributed by atoms with Gasteiger partial charge in [0.15, 0.2) is 9.84 Å². The van der Waals surface area contributed by atoms with E-state index in [0.29, 0.717) is 16.9 Å². The summed E-state index contributed by atoms with van der Waals surface area (Å²) in [6, 6.07) is 0.233. The Morgan fingerprint density at radius 1 is 1.20 bits per heavy atom. The summed E-state index contributed by atoms with van der Waals surface area (Å²) >= 11 is 0. The van der Waals surface area contributed by atoms with E-state index in [4.69, 9.17) is 0 Å². The van der Waals surface area contributed by atoms with Crippen molar-refractivity contribution in [2.45, 2.75) is 51.0 Å². The molecule has 0 aromatic rings. The van der Waals surface area contributed by atoms with Crippen LogP contribution in [0.15, 0.2) is 0 Å². The molecule has 20 heavy (non-hydrogen) atoms. The highest BCUT2D eigenvalue weighted by molar-refractivity contribution is 7.91. The molecule has 1 aliphatic carbocycles. The lowest BCUT2D eigenvalue weighted by Crippen LogP contribution is -2.45. The predicted molar refractivity (Wildman–Crippen MR) is 83.8 cm³/mol. The molecule has 1 saturated carbocycles. The lowest BCUT2D eigenvalue weighted by molar-refractivity contribution is 0.124. The molecule has 1 heterocycles. The summed E-state index contributed by atoms with van der Waals surface area (Å²) < 4.78 is 23.3. The van der Waals surface area contributed by atoms with Crippen LogP contribution in [-0.2, 0) is 9.84 Å². The van der Waals surface area contributed by atoms with Crippen molar-refractivity contribution in [2.24, 2.45) is 5.41 Å². The van der Waals surface area contributed by atoms with Crippen molar-refractivity contribution in [2.75, 3.05) is 38.7 Å². The molecule has 2 fully saturated rings. The lowest BCUT2D eigenvalue weighted by atomic mass is 9.79. The molecule has 2 aliphatic rings. The Hall–Kier alpha value is -0.130. The molecule has 0 aromatic carbocycles. The smallest absolute Gasteiger partial charge is 0.151 e. The molecule has 0 spiro atoms. The van der Waals surface area contributed by atoms with E-state index in [9.17, 15) is 8.42 Å². The molecule has 0 radical (unpaired) electrons. The summed E-state index contributed by atoms with van der Waals surface area (Å²) in [6.45, 7) is 2.09. The maximum atomic E-state index is 11.7. The van der Waals surface area contributed by atoms with Gasteiger partial charge in [0.25, 0.3) is 0 Å². The van der Waals surface area contributed by atoms with Crippen molar-refractivity contribution >= 4 is 9.84 Å². The maximum absolute atomic E-state index is 11.7. The zero-order valence-corrected chi connectivity index (χ0v) is 13.8. The van der Waals surface area contributed by atoms with Crippen molar-refractivity contribution in [3.63, 3.8) is 0 Å². The number of hydrogen-bond donors (Lipinski definition) is 1. The second-order valence-corrected chi connectivity index (χ2v) is 9.15. The minimum Gasteiger partial charge on any atom is -0.319 e. The van der Waals surface area contributed by atoms with E-state index in [1.54, 1.807) is 0 Å². The Morgan fingerprint density at radius 2 is 1.85 bits per heavy atom. The molecular weight excluding hydrogens is 272 g/mol. The molecule has 1 saturated heterocycles. The van der Waals surface area contributed by atoms with Gasteiger partial charge in [0, 0.05) is 19.1 Å². The third kappa shape index (κ3) is 4.18. The van der Waals surface area contributed by atoms with Crippen LogP contribution in [-0.4, -0.2) is 58.1 Å². The van der Waals surface area contributed by atoms with Crippen molar-refractivity contribution in [1.82, 2.24) is 10.2 Å². The Morgan fingerprint density at radius 3 is 2.35 bits per heavy atom. The van der Waals surface area contributed by atoms with Crippen molar-refractivity contribution in [3.8, 4) is 0 Å². The summed E-state index contributed by atoms with van der Waals surface area (Å²) in [4.78, 5) is 2.33. The van der Waals surface area contributed by atoms with Crippen molar-refractivity contribution in [3.05, 3.63) is 0 Å². The molecule has 5 heteroatoms. The minimum atomic E-state index is -2.78. The fraction of sp³-hybridized carbons (Fsp3) is 1.00. The van der Waals surface area contributed by atoms with E-state index < -0.39 is 9.84 Å². The first-order valence-electron chi connectivity index (χ1n) is 8.02. The number of hydrogen-bond acceptors (Lipinski definition) is 4. The highest BCUT2D eigenvalue weighted by Gasteiger charge is 2.36. The standard InChI is InChI=1S/C15H30N2O2S/c1-16-12-15(8-5-3-4-6-9-15)13-17(2)14-7-10-20(18,19)11-14/h14,16H,3-13H2,1-2H3. The van der Waals surface area contributed by atoms with Gasteiger partial charge in [-0.25, -0.2) is 8.42 Å². The molecule has 118 valence electrons. The van der Waals surface area contributed by atoms with E-state index in [0.717, 1.165) is 19.5 Å². The predicted octanol–water partition coefficient (Wildman–Crippen LogP) is 1.67. The second-order valence-electron chi connectivity index (χ2n) is 6.92. The molecule has 1 atom stereocenters. The van der Waals surface area contributed by atoms with Crippen LogP contribution in [0.5, 0.6) is 0 Å². The summed E-state index contributed by atoms with van der Waals surface area (Å²) in [5, 5.41) is 3.37. The molecule has 1 unspecified atom stereocenters. The Balaban J connectivity index is 2.00. The van der Waals surface area contributed by atoms with Crippen LogP contribution in [0.3, 0.4) is 0 Å². The summed E-state index contributed by atoms with van der Waals surface area (Å²) in [6.07, 6.45) is 8.71. The Kier molecular flexibility index (Phi) is 5.49. The third-order valence-electron chi connectivity index (χ3n) is 5.13. The second kappa shape index (κ2) is 6.75. The number of nitrogens with zero attached hydrogens (tertiary/aromatic N) is 1. The fourth-order valence-electron chi connectivity index (χ4n) is 4.03. The van der Waals surface area contributed by atoms with Gasteiger partial charge in [0.1, 0.15) is 0 Å². The van der Waals surface area contributed by atoms with Crippen LogP contribution in [0, 0.1) is 5.41 Å². The highest BCUT2D eigenvalue weighted by atomic mass is 32.2. The molecule has 0 aromatic heterocycles. The maximum Gasteiger partial charge on any atom is 0.151 e. The van der Waals surface area contributed by atoms with Gasteiger partial charge < -0.3 is 10.2 Å². The minimum absolute atomic E-state index is 0.233. The van der Waals surface area contributed by atoms with E-state index in [2.05, 4.69) is 17.3 Å². The zero-order chi connectivity index (χ0) is 14.6. The third-order valence-corrected chi connectivity index (χ3v) is 6.88. The van der Waals surface area contributed by atoms with Crippen LogP contribution in [0.1, 0.15) is 44.9 Å². The topological polar surface area (TPSA) is 49.4 Å². The monoisotopic (exact) mass is 302 g/mol. The summed E-state index contributed by atoms with van der Waals surface area (Å²) in [7, 11) is 1.38. The first kappa shape index (κ1) is 16.2. The summed E-state index contributed by atoms with van der Waals surface area (Å²) in [5.41, 5.74) is 0.340. The Labute approximate surface area is 124 Å². The number of nitrogens with one attached hydrogen (secondary N) is 1. The number of sulfone groups is 1. The van der Waals surface area contributed by atoms with E-state index in [1.807, 2.05) is 7.05 Å². The van der Waals surface area contributed by atoms with Crippen LogP contribution in [0.2, 0.25) is 0 Å². The van der Waals surface area contributed by atoms with Crippen molar-refractivity contribution < 1.29 is 8.42 Å². The lowest BCUT2D eigenvalue weighted by Gasteiger charge is -2.38. The molecule has 4 nitrogen and oxygen atoms in total.